The van der Waals surface area contributed by atoms with E-state index in [1.165, 1.54) is 5.56 Å². The summed E-state index contributed by atoms with van der Waals surface area (Å²) in [6.45, 7) is 10.8. The van der Waals surface area contributed by atoms with E-state index in [0.29, 0.717) is 18.0 Å². The van der Waals surface area contributed by atoms with Crippen LogP contribution in [0.4, 0.5) is 0 Å². The minimum atomic E-state index is -0.0127. The van der Waals surface area contributed by atoms with Crippen molar-refractivity contribution in [2.24, 2.45) is 0 Å². The maximum atomic E-state index is 12.7. The van der Waals surface area contributed by atoms with Gasteiger partial charge in [-0.2, -0.15) is 5.10 Å². The molecule has 3 aromatic rings. The Kier molecular flexibility index (Phi) is 7.48. The summed E-state index contributed by atoms with van der Waals surface area (Å²) in [4.78, 5) is 15.1. The van der Waals surface area contributed by atoms with Crippen LogP contribution in [0.2, 0.25) is 5.02 Å². The van der Waals surface area contributed by atoms with Gasteiger partial charge in [-0.15, -0.1) is 0 Å². The number of carbonyl (C=O) groups excluding carboxylic acids is 1. The van der Waals surface area contributed by atoms with E-state index in [4.69, 9.17) is 16.3 Å². The molecule has 1 aliphatic heterocycles. The molecule has 1 aromatic heterocycles. The van der Waals surface area contributed by atoms with Gasteiger partial charge in [0, 0.05) is 42.5 Å². The zero-order chi connectivity index (χ0) is 23.4. The number of carbonyl (C=O) groups is 1. The number of nitrogens with one attached hydrogen (secondary N) is 1. The zero-order valence-corrected chi connectivity index (χ0v) is 20.3. The Morgan fingerprint density at radius 1 is 1.09 bits per heavy atom. The second-order valence-electron chi connectivity index (χ2n) is 8.66. The van der Waals surface area contributed by atoms with E-state index in [1.807, 2.05) is 43.7 Å². The number of morpholine rings is 1. The summed E-state index contributed by atoms with van der Waals surface area (Å²) < 4.78 is 7.29. The fourth-order valence-corrected chi connectivity index (χ4v) is 4.35. The number of hydrogen-bond donors (Lipinski definition) is 1. The number of nitrogens with zero attached hydrogens (tertiary/aromatic N) is 3. The number of rotatable bonds is 7. The number of amides is 1. The minimum absolute atomic E-state index is 0.0127. The van der Waals surface area contributed by atoms with Crippen LogP contribution in [0, 0.1) is 20.8 Å². The molecule has 4 rings (SSSR count). The van der Waals surface area contributed by atoms with Gasteiger partial charge in [-0.25, -0.2) is 4.68 Å². The second-order valence-corrected chi connectivity index (χ2v) is 9.06. The third-order valence-electron chi connectivity index (χ3n) is 6.17. The first-order valence-corrected chi connectivity index (χ1v) is 11.7. The predicted molar refractivity (Wildman–Crippen MR) is 131 cm³/mol. The smallest absolute Gasteiger partial charge is 0.224 e. The van der Waals surface area contributed by atoms with Crippen molar-refractivity contribution in [1.29, 1.82) is 0 Å². The van der Waals surface area contributed by atoms with Gasteiger partial charge in [-0.05, 0) is 49.6 Å². The fraction of sp³-hybridized carbons (Fsp3) is 0.385. The highest BCUT2D eigenvalue weighted by atomic mass is 35.5. The van der Waals surface area contributed by atoms with Crippen molar-refractivity contribution in [3.8, 4) is 5.69 Å². The van der Waals surface area contributed by atoms with Crippen LogP contribution in [0.25, 0.3) is 5.69 Å². The van der Waals surface area contributed by atoms with E-state index in [0.717, 1.165) is 66.6 Å². The Morgan fingerprint density at radius 2 is 1.85 bits per heavy atom. The topological polar surface area (TPSA) is 59.4 Å². The minimum Gasteiger partial charge on any atom is -0.379 e. The van der Waals surface area contributed by atoms with E-state index in [9.17, 15) is 4.79 Å². The van der Waals surface area contributed by atoms with Gasteiger partial charge in [0.1, 0.15) is 0 Å². The molecule has 2 aromatic carbocycles. The molecule has 0 atom stereocenters. The average Bonchev–Trinajstić information content (AvgIpc) is 3.09. The number of benzene rings is 2. The van der Waals surface area contributed by atoms with Gasteiger partial charge >= 0.3 is 0 Å². The number of ether oxygens (including phenoxy) is 1. The molecule has 1 fully saturated rings. The summed E-state index contributed by atoms with van der Waals surface area (Å²) in [6.07, 6.45) is 0.296. The van der Waals surface area contributed by atoms with Gasteiger partial charge in [0.05, 0.1) is 31.0 Å². The van der Waals surface area contributed by atoms with Crippen LogP contribution in [-0.2, 0) is 29.0 Å². The molecule has 0 aliphatic carbocycles. The molecule has 174 valence electrons. The highest BCUT2D eigenvalue weighted by Crippen LogP contribution is 2.23. The molecule has 6 nitrogen and oxygen atoms in total. The van der Waals surface area contributed by atoms with Gasteiger partial charge in [0.15, 0.2) is 0 Å². The van der Waals surface area contributed by atoms with E-state index in [1.54, 1.807) is 0 Å². The Labute approximate surface area is 200 Å². The van der Waals surface area contributed by atoms with Crippen LogP contribution in [0.5, 0.6) is 0 Å². The lowest BCUT2D eigenvalue weighted by Gasteiger charge is -2.26. The van der Waals surface area contributed by atoms with Crippen LogP contribution in [0.15, 0.2) is 42.5 Å². The third kappa shape index (κ3) is 5.82. The first-order valence-electron chi connectivity index (χ1n) is 11.4. The van der Waals surface area contributed by atoms with Crippen LogP contribution >= 0.6 is 11.6 Å². The molecule has 0 saturated carbocycles. The monoisotopic (exact) mass is 466 g/mol. The highest BCUT2D eigenvalue weighted by molar-refractivity contribution is 6.31. The molecule has 1 aliphatic rings. The summed E-state index contributed by atoms with van der Waals surface area (Å²) in [5, 5.41) is 8.43. The number of halogens is 1. The molecule has 1 amide bonds. The van der Waals surface area contributed by atoms with Crippen molar-refractivity contribution in [2.75, 3.05) is 26.3 Å². The molecule has 33 heavy (non-hydrogen) atoms. The fourth-order valence-electron chi connectivity index (χ4n) is 4.17. The first kappa shape index (κ1) is 23.5. The quantitative estimate of drug-likeness (QED) is 0.568. The summed E-state index contributed by atoms with van der Waals surface area (Å²) in [6, 6.07) is 14.3. The summed E-state index contributed by atoms with van der Waals surface area (Å²) in [5.74, 6) is -0.0127. The largest absolute Gasteiger partial charge is 0.379 e. The van der Waals surface area contributed by atoms with Crippen molar-refractivity contribution in [3.63, 3.8) is 0 Å². The lowest BCUT2D eigenvalue weighted by molar-refractivity contribution is -0.120. The van der Waals surface area contributed by atoms with Crippen molar-refractivity contribution >= 4 is 17.5 Å². The van der Waals surface area contributed by atoms with Crippen molar-refractivity contribution in [3.05, 3.63) is 81.1 Å². The number of hydrogen-bond acceptors (Lipinski definition) is 4. The average molecular weight is 467 g/mol. The maximum absolute atomic E-state index is 12.7. The Hall–Kier alpha value is -2.67. The van der Waals surface area contributed by atoms with Crippen LogP contribution in [0.1, 0.15) is 33.6 Å². The van der Waals surface area contributed by atoms with Crippen molar-refractivity contribution < 1.29 is 9.53 Å². The second kappa shape index (κ2) is 10.5. The van der Waals surface area contributed by atoms with E-state index < -0.39 is 0 Å². The summed E-state index contributed by atoms with van der Waals surface area (Å²) in [5.41, 5.74) is 7.04. The molecule has 0 bridgehead atoms. The predicted octanol–water partition coefficient (Wildman–Crippen LogP) is 4.14. The molecular weight excluding hydrogens is 436 g/mol. The van der Waals surface area contributed by atoms with Gasteiger partial charge in [0.25, 0.3) is 0 Å². The normalized spacial score (nSPS) is 14.4. The Balaban J connectivity index is 1.38. The number of aryl methyl sites for hydroxylation is 2. The van der Waals surface area contributed by atoms with Gasteiger partial charge < -0.3 is 10.1 Å². The van der Waals surface area contributed by atoms with Crippen LogP contribution in [0.3, 0.4) is 0 Å². The first-order chi connectivity index (χ1) is 15.9. The summed E-state index contributed by atoms with van der Waals surface area (Å²) >= 11 is 6.30. The lowest BCUT2D eigenvalue weighted by Crippen LogP contribution is -2.35. The van der Waals surface area contributed by atoms with Crippen molar-refractivity contribution in [2.45, 2.75) is 40.3 Å². The van der Waals surface area contributed by atoms with Crippen LogP contribution in [-0.4, -0.2) is 46.9 Å². The van der Waals surface area contributed by atoms with Crippen molar-refractivity contribution in [1.82, 2.24) is 20.0 Å². The van der Waals surface area contributed by atoms with E-state index in [2.05, 4.69) is 39.6 Å². The maximum Gasteiger partial charge on any atom is 0.224 e. The lowest BCUT2D eigenvalue weighted by atomic mass is 10.1. The highest BCUT2D eigenvalue weighted by Gasteiger charge is 2.17. The SMILES string of the molecule is Cc1ccc(-n2nc(C)c(CC(=O)NCc3cccc(CN4CCOCC4)c3)c2C)cc1Cl. The standard InChI is InChI=1S/C26H31ClN4O2/c1-18-7-8-23(14-25(18)27)31-20(3)24(19(2)29-31)15-26(32)28-16-21-5-4-6-22(13-21)17-30-9-11-33-12-10-30/h4-8,13-14H,9-12,15-17H2,1-3H3,(H,28,32). The molecule has 7 heteroatoms. The third-order valence-corrected chi connectivity index (χ3v) is 6.58. The molecule has 0 spiro atoms. The molecular formula is C26H31ClN4O2. The molecule has 2 heterocycles. The Bertz CT molecular complexity index is 1140. The molecule has 1 saturated heterocycles. The summed E-state index contributed by atoms with van der Waals surface area (Å²) in [7, 11) is 0. The Morgan fingerprint density at radius 3 is 2.61 bits per heavy atom. The van der Waals surface area contributed by atoms with Gasteiger partial charge in [0.2, 0.25) is 5.91 Å². The van der Waals surface area contributed by atoms with Gasteiger partial charge in [-0.1, -0.05) is 41.9 Å². The van der Waals surface area contributed by atoms with E-state index >= 15 is 0 Å². The molecule has 0 unspecified atom stereocenters. The molecule has 1 N–H and O–H groups in total. The van der Waals surface area contributed by atoms with Gasteiger partial charge in [-0.3, -0.25) is 9.69 Å². The van der Waals surface area contributed by atoms with Crippen LogP contribution < -0.4 is 5.32 Å². The zero-order valence-electron chi connectivity index (χ0n) is 19.5. The molecule has 0 radical (unpaired) electrons. The number of aromatic nitrogens is 2. The van der Waals surface area contributed by atoms with E-state index in [-0.39, 0.29) is 5.91 Å².